The van der Waals surface area contributed by atoms with Crippen molar-refractivity contribution in [3.63, 3.8) is 0 Å². The number of rotatable bonds is 8. The summed E-state index contributed by atoms with van der Waals surface area (Å²) < 4.78 is 39.7. The predicted molar refractivity (Wildman–Crippen MR) is 156 cm³/mol. The molecule has 2 amide bonds. The highest BCUT2D eigenvalue weighted by Gasteiger charge is 2.32. The first-order valence-corrected chi connectivity index (χ1v) is 14.4. The molecule has 1 saturated heterocycles. The highest BCUT2D eigenvalue weighted by atomic mass is 32.2. The number of anilines is 1. The quantitative estimate of drug-likeness (QED) is 0.230. The lowest BCUT2D eigenvalue weighted by Crippen LogP contribution is -2.47. The minimum Gasteiger partial charge on any atom is -0.490 e. The maximum absolute atomic E-state index is 13.7. The molecule has 1 aliphatic heterocycles. The van der Waals surface area contributed by atoms with Crippen LogP contribution >= 0.6 is 0 Å². The van der Waals surface area contributed by atoms with Crippen LogP contribution in [0.2, 0.25) is 0 Å². The summed E-state index contributed by atoms with van der Waals surface area (Å²) in [6.45, 7) is 4.62. The van der Waals surface area contributed by atoms with Crippen molar-refractivity contribution in [1.82, 2.24) is 9.62 Å². The van der Waals surface area contributed by atoms with E-state index in [1.165, 1.54) is 31.2 Å². The van der Waals surface area contributed by atoms with Gasteiger partial charge in [0.2, 0.25) is 0 Å². The molecule has 13 heteroatoms. The average molecular weight is 581 g/mol. The number of amidine groups is 2. The number of amides is 2. The fourth-order valence-electron chi connectivity index (χ4n) is 4.50. The molecule has 12 nitrogen and oxygen atoms in total. The Kier molecular flexibility index (Phi) is 8.77. The molecule has 1 fully saturated rings. The Morgan fingerprint density at radius 3 is 2.20 bits per heavy atom. The van der Waals surface area contributed by atoms with Crippen LogP contribution in [-0.4, -0.2) is 62.8 Å². The van der Waals surface area contributed by atoms with Crippen molar-refractivity contribution in [2.24, 2.45) is 5.73 Å². The highest BCUT2D eigenvalue weighted by Crippen LogP contribution is 2.27. The lowest BCUT2D eigenvalue weighted by molar-refractivity contribution is 0.100. The van der Waals surface area contributed by atoms with E-state index < -0.39 is 22.2 Å². The van der Waals surface area contributed by atoms with Crippen molar-refractivity contribution >= 4 is 50.3 Å². The number of nitrogens with zero attached hydrogens (tertiary/aromatic N) is 2. The molecule has 1 heterocycles. The van der Waals surface area contributed by atoms with Gasteiger partial charge in [-0.1, -0.05) is 18.2 Å². The van der Waals surface area contributed by atoms with E-state index in [2.05, 4.69) is 0 Å². The number of nitrogens with two attached hydrogens (primary N) is 1. The van der Waals surface area contributed by atoms with E-state index in [0.717, 1.165) is 18.2 Å². The molecule has 0 saturated carbocycles. The first kappa shape index (κ1) is 29.3. The number of hydrogen-bond acceptors (Lipinski definition) is 8. The van der Waals surface area contributed by atoms with E-state index in [0.29, 0.717) is 39.9 Å². The Labute approximate surface area is 238 Å². The molecular formula is C28H32N6O6S. The second-order valence-electron chi connectivity index (χ2n) is 9.47. The minimum atomic E-state index is -4.73. The fraction of sp³-hybridized carbons (Fsp3) is 0.286. The number of likely N-dealkylation sites (tertiary alicyclic amines) is 1. The molecule has 0 atom stereocenters. The minimum absolute atomic E-state index is 0.0222. The van der Waals surface area contributed by atoms with E-state index in [-0.39, 0.29) is 29.8 Å². The van der Waals surface area contributed by atoms with Gasteiger partial charge in [-0.3, -0.25) is 15.6 Å². The van der Waals surface area contributed by atoms with Crippen molar-refractivity contribution in [1.29, 1.82) is 10.8 Å². The van der Waals surface area contributed by atoms with Crippen molar-refractivity contribution in [2.75, 3.05) is 24.0 Å². The fourth-order valence-corrected chi connectivity index (χ4v) is 5.59. The lowest BCUT2D eigenvalue weighted by atomic mass is 10.0. The van der Waals surface area contributed by atoms with Crippen LogP contribution in [0, 0.1) is 10.8 Å². The zero-order chi connectivity index (χ0) is 29.7. The normalized spacial score (nSPS) is 13.9. The molecule has 3 aromatic rings. The maximum atomic E-state index is 13.7. The summed E-state index contributed by atoms with van der Waals surface area (Å²) in [5.41, 5.74) is 6.06. The van der Waals surface area contributed by atoms with Gasteiger partial charge in [-0.15, -0.1) is 0 Å². The molecule has 0 aromatic heterocycles. The predicted octanol–water partition coefficient (Wildman–Crippen LogP) is 3.60. The van der Waals surface area contributed by atoms with E-state index >= 15 is 0 Å². The number of hydrogen-bond donors (Lipinski definition) is 4. The van der Waals surface area contributed by atoms with Crippen LogP contribution in [0.1, 0.15) is 42.6 Å². The van der Waals surface area contributed by atoms with E-state index in [1.807, 2.05) is 4.90 Å². The Bertz CT molecular complexity index is 1580. The number of benzene rings is 3. The summed E-state index contributed by atoms with van der Waals surface area (Å²) in [6, 6.07) is 15.6. The van der Waals surface area contributed by atoms with Crippen LogP contribution in [0.4, 0.5) is 10.5 Å². The second kappa shape index (κ2) is 12.3. The number of nitrogen functional groups attached to an aromatic ring is 1. The van der Waals surface area contributed by atoms with Gasteiger partial charge < -0.3 is 20.1 Å². The summed E-state index contributed by atoms with van der Waals surface area (Å²) in [5.74, 6) is -0.0607. The lowest BCUT2D eigenvalue weighted by Gasteiger charge is -2.32. The summed E-state index contributed by atoms with van der Waals surface area (Å²) >= 11 is 0. The largest absolute Gasteiger partial charge is 0.490 e. The summed E-state index contributed by atoms with van der Waals surface area (Å²) in [7, 11) is -4.73. The molecule has 0 aliphatic carbocycles. The third kappa shape index (κ3) is 6.92. The van der Waals surface area contributed by atoms with Gasteiger partial charge in [0.1, 0.15) is 17.7 Å². The van der Waals surface area contributed by atoms with Crippen molar-refractivity contribution < 1.29 is 27.5 Å². The van der Waals surface area contributed by atoms with Gasteiger partial charge in [-0.25, -0.2) is 9.52 Å². The SMILES string of the molecule is CCOC(=O)NS(=O)(=O)N(C(=O)c1ccc2ccc(C(=N)N)cc2c1)c1ccc(OC2CCN(C(C)=N)CC2)cc1. The number of ether oxygens (including phenoxy) is 2. The van der Waals surface area contributed by atoms with Gasteiger partial charge in [0.25, 0.3) is 5.91 Å². The molecule has 216 valence electrons. The highest BCUT2D eigenvalue weighted by molar-refractivity contribution is 7.92. The first-order valence-electron chi connectivity index (χ1n) is 13.0. The molecule has 0 spiro atoms. The van der Waals surface area contributed by atoms with Crippen LogP contribution < -0.4 is 19.5 Å². The van der Waals surface area contributed by atoms with Gasteiger partial charge >= 0.3 is 16.3 Å². The topological polar surface area (TPSA) is 179 Å². The van der Waals surface area contributed by atoms with Crippen molar-refractivity contribution in [2.45, 2.75) is 32.8 Å². The Morgan fingerprint density at radius 2 is 1.61 bits per heavy atom. The van der Waals surface area contributed by atoms with Gasteiger partial charge in [-0.05, 0) is 67.1 Å². The van der Waals surface area contributed by atoms with Gasteiger partial charge in [0, 0.05) is 37.1 Å². The number of fused-ring (bicyclic) bond motifs is 1. The molecule has 1 aliphatic rings. The third-order valence-corrected chi connectivity index (χ3v) is 7.88. The molecule has 4 rings (SSSR count). The van der Waals surface area contributed by atoms with Gasteiger partial charge in [0.05, 0.1) is 18.1 Å². The number of carbonyl (C=O) groups is 2. The molecule has 41 heavy (non-hydrogen) atoms. The number of piperidine rings is 1. The Morgan fingerprint density at radius 1 is 1.00 bits per heavy atom. The summed E-state index contributed by atoms with van der Waals surface area (Å²) in [6.07, 6.45) is 0.170. The average Bonchev–Trinajstić information content (AvgIpc) is 2.93. The zero-order valence-corrected chi connectivity index (χ0v) is 23.5. The number of carbonyl (C=O) groups excluding carboxylic acids is 2. The summed E-state index contributed by atoms with van der Waals surface area (Å²) in [4.78, 5) is 27.7. The van der Waals surface area contributed by atoms with Crippen molar-refractivity contribution in [3.8, 4) is 5.75 Å². The van der Waals surface area contributed by atoms with E-state index in [4.69, 9.17) is 26.0 Å². The van der Waals surface area contributed by atoms with Crippen LogP contribution in [0.3, 0.4) is 0 Å². The van der Waals surface area contributed by atoms with Gasteiger partial charge in [0.15, 0.2) is 0 Å². The monoisotopic (exact) mass is 580 g/mol. The van der Waals surface area contributed by atoms with Crippen LogP contribution in [0.15, 0.2) is 60.7 Å². The Hall–Kier alpha value is -4.65. The number of nitrogens with one attached hydrogen (secondary N) is 3. The molecular weight excluding hydrogens is 548 g/mol. The molecule has 0 radical (unpaired) electrons. The molecule has 3 aromatic carbocycles. The van der Waals surface area contributed by atoms with Crippen LogP contribution in [-0.2, 0) is 14.9 Å². The van der Waals surface area contributed by atoms with Crippen LogP contribution in [0.25, 0.3) is 10.8 Å². The zero-order valence-electron chi connectivity index (χ0n) is 22.7. The van der Waals surface area contributed by atoms with E-state index in [1.54, 1.807) is 48.0 Å². The second-order valence-corrected chi connectivity index (χ2v) is 11.0. The first-order chi connectivity index (χ1) is 19.5. The molecule has 0 bridgehead atoms. The van der Waals surface area contributed by atoms with E-state index in [9.17, 15) is 18.0 Å². The maximum Gasteiger partial charge on any atom is 0.422 e. The third-order valence-electron chi connectivity index (χ3n) is 6.60. The standard InChI is InChI=1S/C28H32N6O6S/c1-3-39-28(36)32-41(37,38)34(27(35)21-7-5-19-4-6-20(26(30)31)16-22(19)17-21)23-8-10-24(11-9-23)40-25-12-14-33(15-13-25)18(2)29/h4-11,16-17,25,29H,3,12-15H2,1-2H3,(H3,30,31)(H,32,36). The smallest absolute Gasteiger partial charge is 0.422 e. The summed E-state index contributed by atoms with van der Waals surface area (Å²) in [5, 5.41) is 16.8. The van der Waals surface area contributed by atoms with Crippen molar-refractivity contribution in [3.05, 3.63) is 71.8 Å². The van der Waals surface area contributed by atoms with Gasteiger partial charge in [-0.2, -0.15) is 12.7 Å². The Balaban J connectivity index is 1.64. The molecule has 5 N–H and O–H groups in total. The molecule has 0 unspecified atom stereocenters. The van der Waals surface area contributed by atoms with Crippen LogP contribution in [0.5, 0.6) is 5.75 Å².